The van der Waals surface area contributed by atoms with Gasteiger partial charge >= 0.3 is 0 Å². The molecule has 2 aliphatic rings. The molecule has 1 aromatic heterocycles. The van der Waals surface area contributed by atoms with Gasteiger partial charge in [-0.3, -0.25) is 24.1 Å². The molecule has 2 aromatic rings. The van der Waals surface area contributed by atoms with Crippen molar-refractivity contribution in [3.63, 3.8) is 0 Å². The van der Waals surface area contributed by atoms with Gasteiger partial charge in [0.15, 0.2) is 5.43 Å². The van der Waals surface area contributed by atoms with E-state index in [9.17, 15) is 23.2 Å². The van der Waals surface area contributed by atoms with E-state index >= 15 is 0 Å². The summed E-state index contributed by atoms with van der Waals surface area (Å²) < 4.78 is 29.3. The zero-order valence-electron chi connectivity index (χ0n) is 17.4. The molecular formula is C22H22F2N4O3. The molecule has 4 rings (SSSR count). The number of pyridine rings is 1. The van der Waals surface area contributed by atoms with Gasteiger partial charge in [-0.25, -0.2) is 8.78 Å². The Kier molecular flexibility index (Phi) is 4.53. The summed E-state index contributed by atoms with van der Waals surface area (Å²) in [6.45, 7) is 5.67. The molecule has 2 aliphatic heterocycles. The molecule has 1 unspecified atom stereocenters. The first-order chi connectivity index (χ1) is 14.4. The third-order valence-electron chi connectivity index (χ3n) is 6.00. The fraction of sp³-hybridized carbons (Fsp3) is 0.318. The Hall–Kier alpha value is -3.49. The number of primary amides is 1. The Bertz CT molecular complexity index is 1200. The Morgan fingerprint density at radius 3 is 2.48 bits per heavy atom. The SMILES string of the molecule is CC1(C)C=CC(C)(Cc2ccc(F)cc2F)N2CN1C(=O)c1cc(=O)c(C(N)=O)cn12. The average Bonchev–Trinajstić information content (AvgIpc) is 2.77. The van der Waals surface area contributed by atoms with Gasteiger partial charge in [0.05, 0.1) is 11.1 Å². The van der Waals surface area contributed by atoms with Crippen molar-refractivity contribution in [1.29, 1.82) is 0 Å². The third kappa shape index (κ3) is 3.30. The van der Waals surface area contributed by atoms with Crippen LogP contribution in [0.1, 0.15) is 47.2 Å². The first kappa shape index (κ1) is 20.8. The van der Waals surface area contributed by atoms with E-state index in [2.05, 4.69) is 0 Å². The van der Waals surface area contributed by atoms with Crippen LogP contribution in [0.5, 0.6) is 0 Å². The van der Waals surface area contributed by atoms with Crippen LogP contribution in [-0.2, 0) is 6.42 Å². The highest BCUT2D eigenvalue weighted by Gasteiger charge is 2.45. The lowest BCUT2D eigenvalue weighted by atomic mass is 9.90. The molecule has 2 N–H and O–H groups in total. The molecular weight excluding hydrogens is 406 g/mol. The van der Waals surface area contributed by atoms with Crippen molar-refractivity contribution in [2.75, 3.05) is 11.7 Å². The standard InChI is InChI=1S/C22H22F2N4O3/c1-21(2)6-7-22(3,10-13-4-5-14(23)8-16(13)24)28-12-26(21)20(31)17-9-18(29)15(19(25)30)11-27(17)28/h4-9,11H,10,12H2,1-3H3,(H2,25,30). The summed E-state index contributed by atoms with van der Waals surface area (Å²) >= 11 is 0. The average molecular weight is 428 g/mol. The van der Waals surface area contributed by atoms with E-state index < -0.39 is 34.0 Å². The van der Waals surface area contributed by atoms with E-state index in [1.165, 1.54) is 23.0 Å². The summed E-state index contributed by atoms with van der Waals surface area (Å²) in [6, 6.07) is 4.49. The van der Waals surface area contributed by atoms with E-state index in [-0.39, 0.29) is 35.8 Å². The number of nitrogens with zero attached hydrogens (tertiary/aromatic N) is 3. The summed E-state index contributed by atoms with van der Waals surface area (Å²) in [4.78, 5) is 38.9. The summed E-state index contributed by atoms with van der Waals surface area (Å²) in [5.74, 6) is -2.64. The highest BCUT2D eigenvalue weighted by atomic mass is 19.1. The molecule has 0 fully saturated rings. The van der Waals surface area contributed by atoms with Crippen LogP contribution in [-0.4, -0.2) is 39.1 Å². The molecule has 7 nitrogen and oxygen atoms in total. The third-order valence-corrected chi connectivity index (χ3v) is 6.00. The van der Waals surface area contributed by atoms with Gasteiger partial charge in [0.25, 0.3) is 11.8 Å². The van der Waals surface area contributed by atoms with E-state index in [0.717, 1.165) is 12.1 Å². The van der Waals surface area contributed by atoms with Gasteiger partial charge in [-0.05, 0) is 32.4 Å². The van der Waals surface area contributed by atoms with Crippen LogP contribution in [0, 0.1) is 11.6 Å². The lowest BCUT2D eigenvalue weighted by Gasteiger charge is -2.49. The lowest BCUT2D eigenvalue weighted by molar-refractivity contribution is 0.0535. The number of hydrogen-bond donors (Lipinski definition) is 1. The highest BCUT2D eigenvalue weighted by Crippen LogP contribution is 2.34. The Morgan fingerprint density at radius 2 is 1.84 bits per heavy atom. The van der Waals surface area contributed by atoms with Crippen molar-refractivity contribution in [2.45, 2.75) is 38.3 Å². The van der Waals surface area contributed by atoms with Crippen LogP contribution in [0.4, 0.5) is 8.78 Å². The van der Waals surface area contributed by atoms with Crippen LogP contribution in [0.3, 0.4) is 0 Å². The number of carbonyl (C=O) groups is 2. The van der Waals surface area contributed by atoms with Gasteiger partial charge in [0.1, 0.15) is 29.6 Å². The van der Waals surface area contributed by atoms with Crippen LogP contribution < -0.4 is 16.2 Å². The zero-order chi connectivity index (χ0) is 22.7. The van der Waals surface area contributed by atoms with Crippen LogP contribution in [0.2, 0.25) is 0 Å². The van der Waals surface area contributed by atoms with Crippen molar-refractivity contribution in [3.05, 3.63) is 81.3 Å². The molecule has 162 valence electrons. The molecule has 0 saturated heterocycles. The van der Waals surface area contributed by atoms with Gasteiger partial charge in [-0.1, -0.05) is 18.2 Å². The van der Waals surface area contributed by atoms with Crippen molar-refractivity contribution in [2.24, 2.45) is 5.73 Å². The van der Waals surface area contributed by atoms with Gasteiger partial charge in [0.2, 0.25) is 0 Å². The maximum atomic E-state index is 14.5. The molecule has 9 heteroatoms. The number of hydrogen-bond acceptors (Lipinski definition) is 4. The number of fused-ring (bicyclic) bond motifs is 4. The monoisotopic (exact) mass is 428 g/mol. The minimum Gasteiger partial charge on any atom is -0.365 e. The lowest BCUT2D eigenvalue weighted by Crippen LogP contribution is -2.64. The minimum atomic E-state index is -0.910. The van der Waals surface area contributed by atoms with Gasteiger partial charge in [-0.15, -0.1) is 0 Å². The number of halogens is 2. The molecule has 0 spiro atoms. The zero-order valence-corrected chi connectivity index (χ0v) is 17.4. The molecule has 31 heavy (non-hydrogen) atoms. The van der Waals surface area contributed by atoms with Crippen LogP contribution >= 0.6 is 0 Å². The number of benzene rings is 1. The summed E-state index contributed by atoms with van der Waals surface area (Å²) in [5, 5.41) is 1.77. The van der Waals surface area contributed by atoms with Crippen molar-refractivity contribution < 1.29 is 18.4 Å². The largest absolute Gasteiger partial charge is 0.365 e. The first-order valence-corrected chi connectivity index (χ1v) is 9.74. The van der Waals surface area contributed by atoms with E-state index in [1.54, 1.807) is 9.91 Å². The number of rotatable bonds is 3. The molecule has 2 amide bonds. The number of amides is 2. The maximum absolute atomic E-state index is 14.5. The second-order valence-corrected chi connectivity index (χ2v) is 8.68. The van der Waals surface area contributed by atoms with E-state index in [0.29, 0.717) is 0 Å². The summed E-state index contributed by atoms with van der Waals surface area (Å²) in [7, 11) is 0. The van der Waals surface area contributed by atoms with E-state index in [4.69, 9.17) is 5.73 Å². The fourth-order valence-corrected chi connectivity index (χ4v) is 4.08. The molecule has 0 saturated carbocycles. The topological polar surface area (TPSA) is 88.6 Å². The molecule has 3 heterocycles. The van der Waals surface area contributed by atoms with Crippen LogP contribution in [0.25, 0.3) is 0 Å². The Labute approximate surface area is 177 Å². The predicted octanol–water partition coefficient (Wildman–Crippen LogP) is 1.93. The molecule has 0 aliphatic carbocycles. The number of aromatic nitrogens is 1. The normalized spacial score (nSPS) is 21.6. The molecule has 2 bridgehead atoms. The quantitative estimate of drug-likeness (QED) is 0.757. The second-order valence-electron chi connectivity index (χ2n) is 8.68. The second kappa shape index (κ2) is 6.76. The predicted molar refractivity (Wildman–Crippen MR) is 110 cm³/mol. The highest BCUT2D eigenvalue weighted by molar-refractivity contribution is 5.97. The fourth-order valence-electron chi connectivity index (χ4n) is 4.08. The number of carbonyl (C=O) groups excluding carboxylic acids is 2. The molecule has 0 radical (unpaired) electrons. The Balaban J connectivity index is 1.93. The minimum absolute atomic E-state index is 0.0730. The summed E-state index contributed by atoms with van der Waals surface area (Å²) in [5.41, 5.74) is 3.22. The van der Waals surface area contributed by atoms with Crippen molar-refractivity contribution in [3.8, 4) is 0 Å². The maximum Gasteiger partial charge on any atom is 0.274 e. The smallest absolute Gasteiger partial charge is 0.274 e. The van der Waals surface area contributed by atoms with Crippen molar-refractivity contribution >= 4 is 11.8 Å². The molecule has 1 atom stereocenters. The van der Waals surface area contributed by atoms with Crippen molar-refractivity contribution in [1.82, 2.24) is 9.58 Å². The van der Waals surface area contributed by atoms with E-state index in [1.807, 2.05) is 32.9 Å². The van der Waals surface area contributed by atoms with Gasteiger partial charge in [-0.2, -0.15) is 0 Å². The number of nitrogens with two attached hydrogens (primary N) is 1. The first-order valence-electron chi connectivity index (χ1n) is 9.74. The van der Waals surface area contributed by atoms with Gasteiger partial charge < -0.3 is 10.6 Å². The summed E-state index contributed by atoms with van der Waals surface area (Å²) in [6.07, 6.45) is 5.11. The van der Waals surface area contributed by atoms with Gasteiger partial charge in [0, 0.05) is 24.8 Å². The van der Waals surface area contributed by atoms with Crippen LogP contribution in [0.15, 0.2) is 47.4 Å². The Morgan fingerprint density at radius 1 is 1.13 bits per heavy atom. The molecule has 1 aromatic carbocycles.